The number of hydrogen-bond donors (Lipinski definition) is 10. The number of ketones is 1. The van der Waals surface area contributed by atoms with Gasteiger partial charge in [0, 0.05) is 0 Å². The Labute approximate surface area is 281 Å². The molecule has 12 N–H and O–H groups in total. The number of primary amides is 1. The molecular weight excluding hydrogens is 646 g/mol. The number of aliphatic hydroxyl groups is 4. The minimum atomic E-state index is -2.44. The van der Waals surface area contributed by atoms with Gasteiger partial charge in [-0.3, -0.25) is 24.0 Å². The van der Waals surface area contributed by atoms with Crippen molar-refractivity contribution in [2.45, 2.75) is 81.2 Å². The minimum Gasteiger partial charge on any atom is -0.480 e. The summed E-state index contributed by atoms with van der Waals surface area (Å²) < 4.78 is 5.15. The molecular formula is C32H43N5O12. The van der Waals surface area contributed by atoms with E-state index >= 15 is 0 Å². The van der Waals surface area contributed by atoms with Gasteiger partial charge in [0.05, 0.1) is 25.0 Å². The van der Waals surface area contributed by atoms with E-state index in [9.17, 15) is 54.3 Å². The number of carboxylic acid groups (broad SMARTS) is 1. The fourth-order valence-electron chi connectivity index (χ4n) is 4.80. The Kier molecular flexibility index (Phi) is 16.2. The standard InChI is InChI=1S/C32H43N5O12/c1-2-9-19(37-32(48)49-16-17-10-5-3-6-11-17)29(44)35-20(14-22(33)39)30(45)36-21(15-38)25(40)27(42)28(43)26(41)23(24(34)31(46)47)18-12-7-4-8-13-18/h3-8,10-13,19-21,23-25,27-28,38,40,42-43H,2,9,14-16,34H2,1H3,(H2,33,39)(H,35,44)(H,36,45)(H,37,48)(H,46,47)/t19-,20-,21-,23?,24-,25+,27+,28+/m0/s1. The van der Waals surface area contributed by atoms with E-state index in [-0.39, 0.29) is 18.6 Å². The summed E-state index contributed by atoms with van der Waals surface area (Å²) in [5, 5.41) is 58.2. The van der Waals surface area contributed by atoms with Gasteiger partial charge < -0.3 is 57.7 Å². The molecule has 1 unspecified atom stereocenters. The van der Waals surface area contributed by atoms with Gasteiger partial charge in [0.25, 0.3) is 0 Å². The predicted octanol–water partition coefficient (Wildman–Crippen LogP) is -2.23. The molecule has 0 aliphatic carbocycles. The van der Waals surface area contributed by atoms with Crippen LogP contribution in [0.25, 0.3) is 0 Å². The number of ether oxygens (including phenoxy) is 1. The van der Waals surface area contributed by atoms with E-state index in [0.717, 1.165) is 0 Å². The van der Waals surface area contributed by atoms with Gasteiger partial charge in [0.2, 0.25) is 17.7 Å². The van der Waals surface area contributed by atoms with Crippen LogP contribution in [-0.2, 0) is 35.3 Å². The molecule has 0 fully saturated rings. The van der Waals surface area contributed by atoms with Crippen molar-refractivity contribution in [3.05, 3.63) is 71.8 Å². The van der Waals surface area contributed by atoms with Gasteiger partial charge >= 0.3 is 12.1 Å². The van der Waals surface area contributed by atoms with Crippen molar-refractivity contribution >= 4 is 35.6 Å². The molecule has 2 aromatic carbocycles. The van der Waals surface area contributed by atoms with Gasteiger partial charge in [0.1, 0.15) is 43.0 Å². The first-order valence-corrected chi connectivity index (χ1v) is 15.3. The molecule has 0 aromatic heterocycles. The van der Waals surface area contributed by atoms with Crippen LogP contribution in [0, 0.1) is 0 Å². The van der Waals surface area contributed by atoms with Crippen molar-refractivity contribution in [2.75, 3.05) is 6.61 Å². The van der Waals surface area contributed by atoms with E-state index in [2.05, 4.69) is 16.0 Å². The molecule has 0 spiro atoms. The van der Waals surface area contributed by atoms with Crippen LogP contribution in [0.15, 0.2) is 60.7 Å². The molecule has 0 heterocycles. The molecule has 4 amide bonds. The van der Waals surface area contributed by atoms with Gasteiger partial charge in [0.15, 0.2) is 5.78 Å². The lowest BCUT2D eigenvalue weighted by molar-refractivity contribution is -0.148. The number of carbonyl (C=O) groups excluding carboxylic acids is 5. The molecule has 8 atom stereocenters. The molecule has 0 bridgehead atoms. The third-order valence-corrected chi connectivity index (χ3v) is 7.45. The molecule has 2 rings (SSSR count). The molecule has 17 heteroatoms. The number of benzene rings is 2. The average molecular weight is 690 g/mol. The average Bonchev–Trinajstić information content (AvgIpc) is 3.08. The summed E-state index contributed by atoms with van der Waals surface area (Å²) in [5.74, 6) is -7.63. The molecule has 0 saturated heterocycles. The van der Waals surface area contributed by atoms with Crippen LogP contribution in [0.5, 0.6) is 0 Å². The first kappa shape index (κ1) is 40.2. The second-order valence-corrected chi connectivity index (χ2v) is 11.2. The van der Waals surface area contributed by atoms with E-state index in [1.165, 1.54) is 24.3 Å². The summed E-state index contributed by atoms with van der Waals surface area (Å²) in [6, 6.07) is 9.46. The van der Waals surface area contributed by atoms with E-state index < -0.39 is 97.0 Å². The fraction of sp³-hybridized carbons (Fsp3) is 0.438. The third kappa shape index (κ3) is 12.2. The van der Waals surface area contributed by atoms with Crippen molar-refractivity contribution in [1.82, 2.24) is 16.0 Å². The molecule has 0 radical (unpaired) electrons. The van der Waals surface area contributed by atoms with Crippen molar-refractivity contribution in [3.8, 4) is 0 Å². The Morgan fingerprint density at radius 2 is 1.39 bits per heavy atom. The largest absolute Gasteiger partial charge is 0.480 e. The van der Waals surface area contributed by atoms with Crippen LogP contribution < -0.4 is 27.4 Å². The van der Waals surface area contributed by atoms with Crippen LogP contribution in [0.2, 0.25) is 0 Å². The normalized spacial score (nSPS) is 16.0. The van der Waals surface area contributed by atoms with E-state index in [4.69, 9.17) is 16.2 Å². The van der Waals surface area contributed by atoms with Crippen LogP contribution in [0.1, 0.15) is 43.2 Å². The Bertz CT molecular complexity index is 1410. The molecule has 0 saturated carbocycles. The van der Waals surface area contributed by atoms with Crippen molar-refractivity contribution in [2.24, 2.45) is 11.5 Å². The number of carboxylic acids is 1. The lowest BCUT2D eigenvalue weighted by Gasteiger charge is -2.31. The van der Waals surface area contributed by atoms with Gasteiger partial charge in [-0.25, -0.2) is 4.79 Å². The predicted molar refractivity (Wildman–Crippen MR) is 171 cm³/mol. The van der Waals surface area contributed by atoms with E-state index in [1.807, 2.05) is 0 Å². The Balaban J connectivity index is 2.15. The topological polar surface area (TPSA) is 301 Å². The van der Waals surface area contributed by atoms with Crippen LogP contribution in [0.3, 0.4) is 0 Å². The van der Waals surface area contributed by atoms with Crippen LogP contribution >= 0.6 is 0 Å². The highest BCUT2D eigenvalue weighted by Gasteiger charge is 2.42. The van der Waals surface area contributed by atoms with Gasteiger partial charge in [-0.1, -0.05) is 74.0 Å². The van der Waals surface area contributed by atoms with E-state index in [1.54, 1.807) is 43.3 Å². The quantitative estimate of drug-likeness (QED) is 0.0705. The molecule has 268 valence electrons. The number of amides is 4. The van der Waals surface area contributed by atoms with Crippen LogP contribution in [0.4, 0.5) is 4.79 Å². The Hall–Kier alpha value is -4.94. The number of nitrogens with one attached hydrogen (secondary N) is 3. The number of rotatable bonds is 20. The first-order valence-electron chi connectivity index (χ1n) is 15.3. The highest BCUT2D eigenvalue weighted by atomic mass is 16.5. The number of alkyl carbamates (subject to hydrolysis) is 1. The monoisotopic (exact) mass is 689 g/mol. The maximum absolute atomic E-state index is 13.2. The fourth-order valence-corrected chi connectivity index (χ4v) is 4.80. The number of aliphatic hydroxyl groups excluding tert-OH is 4. The molecule has 0 aliphatic heterocycles. The van der Waals surface area contributed by atoms with Gasteiger partial charge in [-0.2, -0.15) is 0 Å². The summed E-state index contributed by atoms with van der Waals surface area (Å²) >= 11 is 0. The van der Waals surface area contributed by atoms with E-state index in [0.29, 0.717) is 12.0 Å². The highest BCUT2D eigenvalue weighted by Crippen LogP contribution is 2.24. The summed E-state index contributed by atoms with van der Waals surface area (Å²) in [7, 11) is 0. The summed E-state index contributed by atoms with van der Waals surface area (Å²) in [4.78, 5) is 75.2. The van der Waals surface area contributed by atoms with Crippen molar-refractivity contribution in [3.63, 3.8) is 0 Å². The SMILES string of the molecule is CCC[C@H](NC(=O)OCc1ccccc1)C(=O)N[C@@H](CC(N)=O)C(=O)N[C@@H](CO)[C@@H](O)[C@@H](O)[C@H](O)C(=O)C(c1ccccc1)[C@H](N)C(=O)O. The lowest BCUT2D eigenvalue weighted by atomic mass is 9.83. The summed E-state index contributed by atoms with van der Waals surface area (Å²) in [6.07, 6.45) is -8.27. The summed E-state index contributed by atoms with van der Waals surface area (Å²) in [5.41, 5.74) is 11.8. The number of aliphatic carboxylic acids is 1. The second-order valence-electron chi connectivity index (χ2n) is 11.2. The zero-order valence-electron chi connectivity index (χ0n) is 26.7. The van der Waals surface area contributed by atoms with Crippen molar-refractivity contribution in [1.29, 1.82) is 0 Å². The number of Topliss-reactive ketones (excluding diaryl/α,β-unsaturated/α-hetero) is 1. The van der Waals surface area contributed by atoms with Crippen LogP contribution in [-0.4, -0.2) is 110 Å². The zero-order valence-corrected chi connectivity index (χ0v) is 26.7. The molecule has 17 nitrogen and oxygen atoms in total. The number of hydrogen-bond acceptors (Lipinski definition) is 12. The Morgan fingerprint density at radius 1 is 0.816 bits per heavy atom. The smallest absolute Gasteiger partial charge is 0.408 e. The molecule has 0 aliphatic rings. The molecule has 2 aromatic rings. The number of nitrogens with two attached hydrogens (primary N) is 2. The highest BCUT2D eigenvalue weighted by molar-refractivity contribution is 5.96. The minimum absolute atomic E-state index is 0.0872. The van der Waals surface area contributed by atoms with Gasteiger partial charge in [-0.05, 0) is 17.5 Å². The zero-order chi connectivity index (χ0) is 36.7. The maximum atomic E-state index is 13.2. The Morgan fingerprint density at radius 3 is 1.92 bits per heavy atom. The first-order chi connectivity index (χ1) is 23.2. The summed E-state index contributed by atoms with van der Waals surface area (Å²) in [6.45, 7) is 0.558. The third-order valence-electron chi connectivity index (χ3n) is 7.45. The maximum Gasteiger partial charge on any atom is 0.408 e. The molecule has 49 heavy (non-hydrogen) atoms. The second kappa shape index (κ2) is 19.8. The number of carbonyl (C=O) groups is 6. The van der Waals surface area contributed by atoms with Crippen molar-refractivity contribution < 1.29 is 59.0 Å². The lowest BCUT2D eigenvalue weighted by Crippen LogP contribution is -2.60. The van der Waals surface area contributed by atoms with Gasteiger partial charge in [-0.15, -0.1) is 0 Å².